The van der Waals surface area contributed by atoms with Crippen LogP contribution in [0.5, 0.6) is 0 Å². The molecule has 1 aliphatic carbocycles. The summed E-state index contributed by atoms with van der Waals surface area (Å²) in [4.78, 5) is 24.7. The lowest BCUT2D eigenvalue weighted by atomic mass is 9.67. The van der Waals surface area contributed by atoms with Crippen LogP contribution in [0.25, 0.3) is 11.8 Å². The molecule has 0 aromatic heterocycles. The van der Waals surface area contributed by atoms with Gasteiger partial charge in [-0.2, -0.15) is 0 Å². The van der Waals surface area contributed by atoms with Crippen molar-refractivity contribution < 1.29 is 9.72 Å². The number of nitro benzene ring substituents is 1. The van der Waals surface area contributed by atoms with Gasteiger partial charge in [-0.05, 0) is 52.8 Å². The molecule has 1 N–H and O–H groups in total. The van der Waals surface area contributed by atoms with Gasteiger partial charge in [0.15, 0.2) is 5.78 Å². The molecule has 2 aliphatic rings. The third-order valence-corrected chi connectivity index (χ3v) is 6.75. The van der Waals surface area contributed by atoms with Crippen molar-refractivity contribution in [3.63, 3.8) is 0 Å². The lowest BCUT2D eigenvalue weighted by Crippen LogP contribution is -2.37. The standard InChI is InChI=1S/C30H26N2O3/c1-30(2)19-27-28(29(33)25(30)17-20-13-15-23(16-14-20)32(34)35)24(21-9-5-3-6-10-21)18-26(31-27)22-11-7-4-8-12-22/h3-18,24,31H,19H2,1-2H3/b25-17+. The third kappa shape index (κ3) is 4.33. The summed E-state index contributed by atoms with van der Waals surface area (Å²) in [5.74, 6) is -0.161. The van der Waals surface area contributed by atoms with E-state index in [0.29, 0.717) is 12.0 Å². The number of nitrogens with zero attached hydrogens (tertiary/aromatic N) is 1. The Bertz CT molecular complexity index is 1380. The minimum atomic E-state index is -0.418. The van der Waals surface area contributed by atoms with Crippen LogP contribution < -0.4 is 5.32 Å². The molecule has 5 rings (SSSR count). The van der Waals surface area contributed by atoms with E-state index >= 15 is 0 Å². The Hall–Kier alpha value is -4.25. The third-order valence-electron chi connectivity index (χ3n) is 6.75. The number of hydrogen-bond acceptors (Lipinski definition) is 4. The molecule has 1 unspecified atom stereocenters. The van der Waals surface area contributed by atoms with Crippen molar-refractivity contribution in [2.24, 2.45) is 5.41 Å². The minimum absolute atomic E-state index is 0.0133. The van der Waals surface area contributed by atoms with E-state index < -0.39 is 10.3 Å². The lowest BCUT2D eigenvalue weighted by molar-refractivity contribution is -0.384. The number of dihydropyridines is 1. The Kier molecular flexibility index (Phi) is 5.69. The highest BCUT2D eigenvalue weighted by Gasteiger charge is 2.42. The van der Waals surface area contributed by atoms with Gasteiger partial charge in [0, 0.05) is 40.6 Å². The maximum absolute atomic E-state index is 14.1. The molecule has 174 valence electrons. The molecule has 1 atom stereocenters. The molecule has 3 aromatic rings. The van der Waals surface area contributed by atoms with Crippen molar-refractivity contribution >= 4 is 23.2 Å². The van der Waals surface area contributed by atoms with Gasteiger partial charge < -0.3 is 5.32 Å². The van der Waals surface area contributed by atoms with Gasteiger partial charge in [0.2, 0.25) is 0 Å². The maximum Gasteiger partial charge on any atom is 0.269 e. The molecule has 0 saturated heterocycles. The molecule has 1 aliphatic heterocycles. The zero-order chi connectivity index (χ0) is 24.6. The lowest BCUT2D eigenvalue weighted by Gasteiger charge is -2.40. The predicted octanol–water partition coefficient (Wildman–Crippen LogP) is 6.66. The Balaban J connectivity index is 1.60. The Labute approximate surface area is 204 Å². The fourth-order valence-electron chi connectivity index (χ4n) is 4.95. The van der Waals surface area contributed by atoms with Crippen molar-refractivity contribution in [3.8, 4) is 0 Å². The SMILES string of the molecule is CC1(C)CC2=C(C(=O)/C1=C\c1ccc([N+](=O)[O-])cc1)C(c1ccccc1)C=C(c1ccccc1)N2. The van der Waals surface area contributed by atoms with E-state index in [2.05, 4.69) is 49.5 Å². The van der Waals surface area contributed by atoms with Crippen LogP contribution in [-0.4, -0.2) is 10.7 Å². The van der Waals surface area contributed by atoms with E-state index in [4.69, 9.17) is 0 Å². The summed E-state index contributed by atoms with van der Waals surface area (Å²) in [5, 5.41) is 14.6. The topological polar surface area (TPSA) is 72.2 Å². The molecule has 0 bridgehead atoms. The van der Waals surface area contributed by atoms with Gasteiger partial charge in [-0.3, -0.25) is 14.9 Å². The molecular formula is C30H26N2O3. The average Bonchev–Trinajstić information content (AvgIpc) is 2.87. The van der Waals surface area contributed by atoms with Gasteiger partial charge in [-0.25, -0.2) is 0 Å². The van der Waals surface area contributed by atoms with Crippen LogP contribution >= 0.6 is 0 Å². The largest absolute Gasteiger partial charge is 0.358 e. The van der Waals surface area contributed by atoms with E-state index in [1.165, 1.54) is 12.1 Å². The van der Waals surface area contributed by atoms with Crippen molar-refractivity contribution in [2.75, 3.05) is 0 Å². The molecule has 5 heteroatoms. The van der Waals surface area contributed by atoms with E-state index in [-0.39, 0.29) is 17.4 Å². The Morgan fingerprint density at radius 2 is 1.57 bits per heavy atom. The zero-order valence-electron chi connectivity index (χ0n) is 19.7. The second-order valence-corrected chi connectivity index (χ2v) is 9.65. The molecule has 0 saturated carbocycles. The normalized spacial score (nSPS) is 20.2. The molecule has 0 radical (unpaired) electrons. The number of ketones is 1. The Morgan fingerprint density at radius 3 is 2.20 bits per heavy atom. The summed E-state index contributed by atoms with van der Waals surface area (Å²) in [6.07, 6.45) is 4.71. The number of nitro groups is 1. The van der Waals surface area contributed by atoms with Crippen LogP contribution in [0.2, 0.25) is 0 Å². The summed E-state index contributed by atoms with van der Waals surface area (Å²) in [7, 11) is 0. The quantitative estimate of drug-likeness (QED) is 0.267. The number of Topliss-reactive ketones (excluding diaryl/α,β-unsaturated/α-hetero) is 1. The highest BCUT2D eigenvalue weighted by Crippen LogP contribution is 2.48. The fraction of sp³-hybridized carbons (Fsp3) is 0.167. The molecule has 3 aromatic carbocycles. The number of carbonyl (C=O) groups excluding carboxylic acids is 1. The summed E-state index contributed by atoms with van der Waals surface area (Å²) < 4.78 is 0. The van der Waals surface area contributed by atoms with Crippen LogP contribution in [0.4, 0.5) is 5.69 Å². The number of nitrogens with one attached hydrogen (secondary N) is 1. The first kappa shape index (κ1) is 22.5. The summed E-state index contributed by atoms with van der Waals surface area (Å²) in [6.45, 7) is 4.15. The molecule has 0 amide bonds. The molecule has 5 nitrogen and oxygen atoms in total. The van der Waals surface area contributed by atoms with Crippen molar-refractivity contribution in [1.29, 1.82) is 0 Å². The number of allylic oxidation sites excluding steroid dienone is 4. The summed E-state index contributed by atoms with van der Waals surface area (Å²) >= 11 is 0. The van der Waals surface area contributed by atoms with Crippen LogP contribution in [0.1, 0.15) is 42.9 Å². The van der Waals surface area contributed by atoms with E-state index in [1.807, 2.05) is 42.5 Å². The molecule has 1 heterocycles. The van der Waals surface area contributed by atoms with Gasteiger partial charge in [-0.1, -0.05) is 74.5 Å². The van der Waals surface area contributed by atoms with Gasteiger partial charge in [0.25, 0.3) is 5.69 Å². The van der Waals surface area contributed by atoms with Crippen LogP contribution in [0.3, 0.4) is 0 Å². The average molecular weight is 463 g/mol. The van der Waals surface area contributed by atoms with Crippen LogP contribution in [0.15, 0.2) is 108 Å². The smallest absolute Gasteiger partial charge is 0.269 e. The monoisotopic (exact) mass is 462 g/mol. The number of hydrogen-bond donors (Lipinski definition) is 1. The molecule has 35 heavy (non-hydrogen) atoms. The molecule has 0 fully saturated rings. The van der Waals surface area contributed by atoms with Crippen molar-refractivity contribution in [2.45, 2.75) is 26.2 Å². The number of non-ortho nitro benzene ring substituents is 1. The van der Waals surface area contributed by atoms with Crippen LogP contribution in [0, 0.1) is 15.5 Å². The molecular weight excluding hydrogens is 436 g/mol. The van der Waals surface area contributed by atoms with Gasteiger partial charge >= 0.3 is 0 Å². The highest BCUT2D eigenvalue weighted by atomic mass is 16.6. The fourth-order valence-corrected chi connectivity index (χ4v) is 4.95. The summed E-state index contributed by atoms with van der Waals surface area (Å²) in [5.41, 5.74) is 5.98. The maximum atomic E-state index is 14.1. The van der Waals surface area contributed by atoms with Gasteiger partial charge in [-0.15, -0.1) is 0 Å². The predicted molar refractivity (Wildman–Crippen MR) is 138 cm³/mol. The molecule has 0 spiro atoms. The van der Waals surface area contributed by atoms with Gasteiger partial charge in [0.05, 0.1) is 4.92 Å². The van der Waals surface area contributed by atoms with E-state index in [0.717, 1.165) is 33.7 Å². The second kappa shape index (κ2) is 8.84. The second-order valence-electron chi connectivity index (χ2n) is 9.65. The zero-order valence-corrected chi connectivity index (χ0v) is 19.7. The summed E-state index contributed by atoms with van der Waals surface area (Å²) in [6, 6.07) is 26.6. The van der Waals surface area contributed by atoms with E-state index in [9.17, 15) is 14.9 Å². The first-order valence-electron chi connectivity index (χ1n) is 11.7. The van der Waals surface area contributed by atoms with Gasteiger partial charge in [0.1, 0.15) is 0 Å². The first-order valence-corrected chi connectivity index (χ1v) is 11.7. The number of carbonyl (C=O) groups is 1. The van der Waals surface area contributed by atoms with E-state index in [1.54, 1.807) is 12.1 Å². The van der Waals surface area contributed by atoms with Crippen molar-refractivity contribution in [1.82, 2.24) is 5.32 Å². The minimum Gasteiger partial charge on any atom is -0.358 e. The Morgan fingerprint density at radius 1 is 0.943 bits per heavy atom. The first-order chi connectivity index (χ1) is 16.8. The van der Waals surface area contributed by atoms with Crippen molar-refractivity contribution in [3.05, 3.63) is 135 Å². The number of benzene rings is 3. The number of rotatable bonds is 4. The highest BCUT2D eigenvalue weighted by molar-refractivity contribution is 6.15. The van der Waals surface area contributed by atoms with Crippen LogP contribution in [-0.2, 0) is 4.79 Å².